The highest BCUT2D eigenvalue weighted by Gasteiger charge is 2.43. The summed E-state index contributed by atoms with van der Waals surface area (Å²) in [5.41, 5.74) is 3.98. The van der Waals surface area contributed by atoms with Gasteiger partial charge in [-0.15, -0.1) is 0 Å². The first-order valence-corrected chi connectivity index (χ1v) is 10.2. The molecule has 0 bridgehead atoms. The molecule has 0 fully saturated rings. The fraction of sp³-hybridized carbons (Fsp3) is 0.320. The standard InChI is InChI=1S/C25H25NO4/c1-16-22(25(28)29-2)23(24-19(26-16)12-8-13-20(24)27)18-11-6-7-14-21(18)30-15-17-9-4-3-5-10-17/h3-7,9-11,14,22-23H,8,12-13,15H2,1-2H3/t22?,23-/m0/s1. The Labute approximate surface area is 176 Å². The van der Waals surface area contributed by atoms with E-state index in [-0.39, 0.29) is 11.8 Å². The van der Waals surface area contributed by atoms with Crippen LogP contribution in [0.1, 0.15) is 43.2 Å². The van der Waals surface area contributed by atoms with Crippen molar-refractivity contribution in [3.63, 3.8) is 0 Å². The maximum Gasteiger partial charge on any atom is 0.315 e. The molecule has 0 amide bonds. The van der Waals surface area contributed by atoms with E-state index in [1.54, 1.807) is 0 Å². The third kappa shape index (κ3) is 3.80. The summed E-state index contributed by atoms with van der Waals surface area (Å²) in [6.45, 7) is 2.24. The van der Waals surface area contributed by atoms with Crippen molar-refractivity contribution in [2.24, 2.45) is 10.9 Å². The smallest absolute Gasteiger partial charge is 0.315 e. The molecule has 5 heteroatoms. The average Bonchev–Trinajstić information content (AvgIpc) is 2.77. The van der Waals surface area contributed by atoms with Crippen LogP contribution in [0.2, 0.25) is 0 Å². The van der Waals surface area contributed by atoms with Crippen LogP contribution in [-0.2, 0) is 20.9 Å². The van der Waals surface area contributed by atoms with Crippen LogP contribution in [0.3, 0.4) is 0 Å². The van der Waals surface area contributed by atoms with Gasteiger partial charge in [0.2, 0.25) is 0 Å². The van der Waals surface area contributed by atoms with Gasteiger partial charge >= 0.3 is 5.97 Å². The van der Waals surface area contributed by atoms with Crippen molar-refractivity contribution in [2.45, 2.75) is 38.7 Å². The monoisotopic (exact) mass is 403 g/mol. The number of nitrogens with zero attached hydrogens (tertiary/aromatic N) is 1. The zero-order valence-corrected chi connectivity index (χ0v) is 17.3. The number of Topliss-reactive ketones (excluding diaryl/α,β-unsaturated/α-hetero) is 1. The van der Waals surface area contributed by atoms with Crippen molar-refractivity contribution in [1.82, 2.24) is 0 Å². The van der Waals surface area contributed by atoms with Crippen molar-refractivity contribution < 1.29 is 19.1 Å². The van der Waals surface area contributed by atoms with E-state index < -0.39 is 11.8 Å². The summed E-state index contributed by atoms with van der Waals surface area (Å²) < 4.78 is 11.3. The molecule has 1 aliphatic heterocycles. The Hall–Kier alpha value is -3.21. The molecule has 1 heterocycles. The predicted molar refractivity (Wildman–Crippen MR) is 114 cm³/mol. The lowest BCUT2D eigenvalue weighted by Crippen LogP contribution is -2.37. The van der Waals surface area contributed by atoms with Crippen molar-refractivity contribution >= 4 is 17.5 Å². The van der Waals surface area contributed by atoms with Crippen LogP contribution in [0.25, 0.3) is 0 Å². The number of hydrogen-bond acceptors (Lipinski definition) is 5. The highest BCUT2D eigenvalue weighted by atomic mass is 16.5. The van der Waals surface area contributed by atoms with Crippen molar-refractivity contribution in [3.05, 3.63) is 77.0 Å². The Morgan fingerprint density at radius 1 is 1.07 bits per heavy atom. The summed E-state index contributed by atoms with van der Waals surface area (Å²) in [5.74, 6) is -0.754. The van der Waals surface area contributed by atoms with Gasteiger partial charge in [-0.3, -0.25) is 14.6 Å². The number of ether oxygens (including phenoxy) is 2. The fourth-order valence-electron chi connectivity index (χ4n) is 4.38. The zero-order chi connectivity index (χ0) is 21.1. The first-order chi connectivity index (χ1) is 14.6. The lowest BCUT2D eigenvalue weighted by atomic mass is 9.71. The molecular formula is C25H25NO4. The number of ketones is 1. The number of methoxy groups -OCH3 is 1. The van der Waals surface area contributed by atoms with E-state index in [0.717, 1.165) is 29.7 Å². The molecule has 2 aromatic carbocycles. The van der Waals surface area contributed by atoms with Gasteiger partial charge < -0.3 is 9.47 Å². The fourth-order valence-corrected chi connectivity index (χ4v) is 4.38. The molecule has 0 N–H and O–H groups in total. The molecule has 2 atom stereocenters. The summed E-state index contributed by atoms with van der Waals surface area (Å²) in [6, 6.07) is 17.5. The average molecular weight is 403 g/mol. The minimum atomic E-state index is -0.641. The van der Waals surface area contributed by atoms with Crippen molar-refractivity contribution in [1.29, 1.82) is 0 Å². The summed E-state index contributed by atoms with van der Waals surface area (Å²) >= 11 is 0. The quantitative estimate of drug-likeness (QED) is 0.684. The van der Waals surface area contributed by atoms with Crippen molar-refractivity contribution in [3.8, 4) is 5.75 Å². The van der Waals surface area contributed by atoms with Gasteiger partial charge in [0, 0.05) is 34.9 Å². The van der Waals surface area contributed by atoms with Gasteiger partial charge in [0.1, 0.15) is 18.3 Å². The molecule has 1 aliphatic carbocycles. The van der Waals surface area contributed by atoms with Gasteiger partial charge in [-0.25, -0.2) is 0 Å². The number of hydrogen-bond donors (Lipinski definition) is 0. The molecule has 30 heavy (non-hydrogen) atoms. The molecule has 0 saturated heterocycles. The molecule has 0 radical (unpaired) electrons. The van der Waals surface area contributed by atoms with Crippen LogP contribution < -0.4 is 4.74 Å². The molecular weight excluding hydrogens is 378 g/mol. The highest BCUT2D eigenvalue weighted by Crippen LogP contribution is 2.46. The van der Waals surface area contributed by atoms with Crippen LogP contribution in [-0.4, -0.2) is 24.6 Å². The SMILES string of the molecule is COC(=O)C1C(C)=NC2=C(C(=O)CCC2)[C@H]1c1ccccc1OCc1ccccc1. The van der Waals surface area contributed by atoms with Gasteiger partial charge in [-0.1, -0.05) is 48.5 Å². The number of rotatable bonds is 5. The second-order valence-electron chi connectivity index (χ2n) is 7.68. The van der Waals surface area contributed by atoms with E-state index in [4.69, 9.17) is 9.47 Å². The van der Waals surface area contributed by atoms with E-state index >= 15 is 0 Å². The van der Waals surface area contributed by atoms with Crippen LogP contribution in [0.15, 0.2) is 70.9 Å². The van der Waals surface area contributed by atoms with Gasteiger partial charge in [-0.2, -0.15) is 0 Å². The largest absolute Gasteiger partial charge is 0.489 e. The number of esters is 1. The molecule has 4 rings (SSSR count). The van der Waals surface area contributed by atoms with E-state index in [2.05, 4.69) is 4.99 Å². The second kappa shape index (κ2) is 8.66. The number of aliphatic imine (C=N–C) groups is 1. The lowest BCUT2D eigenvalue weighted by molar-refractivity contribution is -0.143. The molecule has 0 aromatic heterocycles. The predicted octanol–water partition coefficient (Wildman–Crippen LogP) is 4.62. The van der Waals surface area contributed by atoms with Crippen LogP contribution in [0.4, 0.5) is 0 Å². The van der Waals surface area contributed by atoms with E-state index in [1.807, 2.05) is 61.5 Å². The van der Waals surface area contributed by atoms with Gasteiger partial charge in [0.05, 0.1) is 7.11 Å². The molecule has 154 valence electrons. The molecule has 2 aromatic rings. The number of para-hydroxylation sites is 1. The Morgan fingerprint density at radius 3 is 2.57 bits per heavy atom. The van der Waals surface area contributed by atoms with Crippen molar-refractivity contribution in [2.75, 3.05) is 7.11 Å². The molecule has 0 spiro atoms. The number of carbonyl (C=O) groups is 2. The highest BCUT2D eigenvalue weighted by molar-refractivity contribution is 6.08. The number of benzene rings is 2. The van der Waals surface area contributed by atoms with Crippen LogP contribution >= 0.6 is 0 Å². The van der Waals surface area contributed by atoms with Gasteiger partial charge in [-0.05, 0) is 31.4 Å². The van der Waals surface area contributed by atoms with Crippen LogP contribution in [0.5, 0.6) is 5.75 Å². The van der Waals surface area contributed by atoms with Crippen LogP contribution in [0, 0.1) is 5.92 Å². The Morgan fingerprint density at radius 2 is 1.80 bits per heavy atom. The first kappa shape index (κ1) is 20.1. The minimum Gasteiger partial charge on any atom is -0.489 e. The van der Waals surface area contributed by atoms with E-state index in [0.29, 0.717) is 30.1 Å². The third-order valence-electron chi connectivity index (χ3n) is 5.78. The Bertz CT molecular complexity index is 1020. The molecule has 2 aliphatic rings. The van der Waals surface area contributed by atoms with Gasteiger partial charge in [0.15, 0.2) is 5.78 Å². The molecule has 5 nitrogen and oxygen atoms in total. The van der Waals surface area contributed by atoms with E-state index in [1.165, 1.54) is 7.11 Å². The summed E-state index contributed by atoms with van der Waals surface area (Å²) in [5, 5.41) is 0. The van der Waals surface area contributed by atoms with Gasteiger partial charge in [0.25, 0.3) is 0 Å². The zero-order valence-electron chi connectivity index (χ0n) is 17.3. The normalized spacial score (nSPS) is 21.0. The minimum absolute atomic E-state index is 0.0595. The first-order valence-electron chi connectivity index (χ1n) is 10.2. The topological polar surface area (TPSA) is 65.0 Å². The lowest BCUT2D eigenvalue weighted by Gasteiger charge is -2.34. The maximum atomic E-state index is 12.9. The Kier molecular flexibility index (Phi) is 5.79. The summed E-state index contributed by atoms with van der Waals surface area (Å²) in [6.07, 6.45) is 2.01. The summed E-state index contributed by atoms with van der Waals surface area (Å²) in [7, 11) is 1.37. The number of carbonyl (C=O) groups excluding carboxylic acids is 2. The molecule has 0 saturated carbocycles. The molecule has 1 unspecified atom stereocenters. The summed E-state index contributed by atoms with van der Waals surface area (Å²) in [4.78, 5) is 30.3. The third-order valence-corrected chi connectivity index (χ3v) is 5.78. The second-order valence-corrected chi connectivity index (χ2v) is 7.68. The number of allylic oxidation sites excluding steroid dienone is 2. The van der Waals surface area contributed by atoms with E-state index in [9.17, 15) is 9.59 Å². The Balaban J connectivity index is 1.78. The maximum absolute atomic E-state index is 12.9.